The van der Waals surface area contributed by atoms with Gasteiger partial charge in [-0.2, -0.15) is 0 Å². The van der Waals surface area contributed by atoms with Crippen LogP contribution in [0.3, 0.4) is 0 Å². The summed E-state index contributed by atoms with van der Waals surface area (Å²) in [7, 11) is 0. The molecule has 2 aromatic rings. The van der Waals surface area contributed by atoms with Gasteiger partial charge in [-0.1, -0.05) is 6.07 Å². The molecular formula is C15H19Cl2N3O. The Labute approximate surface area is 136 Å². The maximum atomic E-state index is 11.8. The van der Waals surface area contributed by atoms with Gasteiger partial charge in [-0.25, -0.2) is 0 Å². The molecule has 1 amide bonds. The fourth-order valence-electron chi connectivity index (χ4n) is 2.07. The highest BCUT2D eigenvalue weighted by molar-refractivity contribution is 5.94. The van der Waals surface area contributed by atoms with Crippen LogP contribution in [0, 0.1) is 5.92 Å². The molecule has 1 aromatic heterocycles. The maximum absolute atomic E-state index is 11.8. The molecule has 2 N–H and O–H groups in total. The molecule has 1 heterocycles. The Hall–Kier alpha value is -1.36. The van der Waals surface area contributed by atoms with Crippen molar-refractivity contribution in [3.8, 4) is 0 Å². The number of fused-ring (bicyclic) bond motifs is 1. The van der Waals surface area contributed by atoms with Gasteiger partial charge in [0.1, 0.15) is 0 Å². The lowest BCUT2D eigenvalue weighted by Crippen LogP contribution is -2.29. The average molecular weight is 328 g/mol. The first-order chi connectivity index (χ1) is 9.31. The highest BCUT2D eigenvalue weighted by Crippen LogP contribution is 2.27. The molecule has 0 saturated heterocycles. The summed E-state index contributed by atoms with van der Waals surface area (Å²) >= 11 is 0. The van der Waals surface area contributed by atoms with Crippen LogP contribution in [0.25, 0.3) is 10.9 Å². The van der Waals surface area contributed by atoms with Crippen LogP contribution in [0.1, 0.15) is 12.8 Å². The van der Waals surface area contributed by atoms with Gasteiger partial charge >= 0.3 is 0 Å². The molecule has 6 heteroatoms. The topological polar surface area (TPSA) is 54.0 Å². The SMILES string of the molecule is Cl.Cl.O=C(CNCC1CC1)Nc1ccc2ncccc2c1. The Morgan fingerprint density at radius 3 is 2.81 bits per heavy atom. The number of benzene rings is 1. The second-order valence-electron chi connectivity index (χ2n) is 5.03. The van der Waals surface area contributed by atoms with Crippen LogP contribution < -0.4 is 10.6 Å². The van der Waals surface area contributed by atoms with Crippen molar-refractivity contribution in [1.29, 1.82) is 0 Å². The summed E-state index contributed by atoms with van der Waals surface area (Å²) in [6, 6.07) is 9.63. The van der Waals surface area contributed by atoms with Crippen molar-refractivity contribution in [1.82, 2.24) is 10.3 Å². The summed E-state index contributed by atoms with van der Waals surface area (Å²) < 4.78 is 0. The second-order valence-corrected chi connectivity index (χ2v) is 5.03. The fraction of sp³-hybridized carbons (Fsp3) is 0.333. The maximum Gasteiger partial charge on any atom is 0.238 e. The Morgan fingerprint density at radius 1 is 1.24 bits per heavy atom. The predicted octanol–water partition coefficient (Wildman–Crippen LogP) is 3.02. The molecule has 0 radical (unpaired) electrons. The summed E-state index contributed by atoms with van der Waals surface area (Å²) in [5.41, 5.74) is 1.76. The van der Waals surface area contributed by atoms with Crippen LogP contribution in [0.5, 0.6) is 0 Å². The van der Waals surface area contributed by atoms with E-state index in [4.69, 9.17) is 0 Å². The number of carbonyl (C=O) groups excluding carboxylic acids is 1. The number of amides is 1. The average Bonchev–Trinajstić information content (AvgIpc) is 3.23. The van der Waals surface area contributed by atoms with Crippen molar-refractivity contribution < 1.29 is 4.79 Å². The molecule has 0 bridgehead atoms. The first-order valence-electron chi connectivity index (χ1n) is 6.66. The van der Waals surface area contributed by atoms with Crippen molar-refractivity contribution in [3.05, 3.63) is 36.5 Å². The predicted molar refractivity (Wildman–Crippen MR) is 90.5 cm³/mol. The minimum Gasteiger partial charge on any atom is -0.325 e. The van der Waals surface area contributed by atoms with Crippen LogP contribution in [0.4, 0.5) is 5.69 Å². The van der Waals surface area contributed by atoms with Crippen molar-refractivity contribution in [2.75, 3.05) is 18.4 Å². The minimum atomic E-state index is 0. The van der Waals surface area contributed by atoms with Crippen LogP contribution in [0.15, 0.2) is 36.5 Å². The first kappa shape index (κ1) is 17.7. The molecule has 4 nitrogen and oxygen atoms in total. The molecule has 1 aromatic carbocycles. The van der Waals surface area contributed by atoms with Crippen LogP contribution in [-0.4, -0.2) is 24.0 Å². The van der Waals surface area contributed by atoms with Gasteiger partial charge in [-0.3, -0.25) is 9.78 Å². The number of pyridine rings is 1. The third-order valence-corrected chi connectivity index (χ3v) is 3.30. The molecule has 1 aliphatic carbocycles. The van der Waals surface area contributed by atoms with E-state index in [1.165, 1.54) is 12.8 Å². The zero-order valence-corrected chi connectivity index (χ0v) is 13.2. The molecule has 114 valence electrons. The Kier molecular flexibility index (Phi) is 6.89. The number of carbonyl (C=O) groups is 1. The normalized spacial score (nSPS) is 13.1. The van der Waals surface area contributed by atoms with Gasteiger partial charge in [0.15, 0.2) is 0 Å². The molecule has 1 aliphatic rings. The van der Waals surface area contributed by atoms with Gasteiger partial charge < -0.3 is 10.6 Å². The number of nitrogens with zero attached hydrogens (tertiary/aromatic N) is 1. The van der Waals surface area contributed by atoms with Gasteiger partial charge in [0, 0.05) is 17.3 Å². The number of hydrogen-bond donors (Lipinski definition) is 2. The monoisotopic (exact) mass is 327 g/mol. The summed E-state index contributed by atoms with van der Waals surface area (Å²) in [5.74, 6) is 0.795. The third-order valence-electron chi connectivity index (χ3n) is 3.30. The van der Waals surface area contributed by atoms with E-state index in [0.29, 0.717) is 6.54 Å². The number of hydrogen-bond acceptors (Lipinski definition) is 3. The number of nitrogens with one attached hydrogen (secondary N) is 2. The molecule has 1 saturated carbocycles. The molecule has 21 heavy (non-hydrogen) atoms. The molecule has 1 fully saturated rings. The Morgan fingerprint density at radius 2 is 2.05 bits per heavy atom. The number of halogens is 2. The smallest absolute Gasteiger partial charge is 0.238 e. The zero-order chi connectivity index (χ0) is 13.1. The highest BCUT2D eigenvalue weighted by atomic mass is 35.5. The molecule has 0 aliphatic heterocycles. The third kappa shape index (κ3) is 5.16. The lowest BCUT2D eigenvalue weighted by Gasteiger charge is -2.07. The summed E-state index contributed by atoms with van der Waals surface area (Å²) in [6.07, 6.45) is 4.36. The Balaban J connectivity index is 0.00000110. The van der Waals surface area contributed by atoms with E-state index >= 15 is 0 Å². The molecular weight excluding hydrogens is 309 g/mol. The molecule has 0 spiro atoms. The lowest BCUT2D eigenvalue weighted by atomic mass is 10.2. The lowest BCUT2D eigenvalue weighted by molar-refractivity contribution is -0.115. The fourth-order valence-corrected chi connectivity index (χ4v) is 2.07. The van der Waals surface area contributed by atoms with Gasteiger partial charge in [0.05, 0.1) is 12.1 Å². The highest BCUT2D eigenvalue weighted by Gasteiger charge is 2.20. The van der Waals surface area contributed by atoms with Crippen molar-refractivity contribution in [3.63, 3.8) is 0 Å². The molecule has 3 rings (SSSR count). The van der Waals surface area contributed by atoms with Crippen molar-refractivity contribution >= 4 is 47.3 Å². The largest absolute Gasteiger partial charge is 0.325 e. The Bertz CT molecular complexity index is 602. The number of aromatic nitrogens is 1. The van der Waals surface area contributed by atoms with Gasteiger partial charge in [0.2, 0.25) is 5.91 Å². The van der Waals surface area contributed by atoms with Gasteiger partial charge in [-0.05, 0) is 49.6 Å². The number of rotatable bonds is 5. The quantitative estimate of drug-likeness (QED) is 0.887. The number of anilines is 1. The van der Waals surface area contributed by atoms with Crippen LogP contribution in [-0.2, 0) is 4.79 Å². The van der Waals surface area contributed by atoms with E-state index in [-0.39, 0.29) is 30.7 Å². The van der Waals surface area contributed by atoms with E-state index < -0.39 is 0 Å². The minimum absolute atomic E-state index is 0. The summed E-state index contributed by atoms with van der Waals surface area (Å²) in [5, 5.41) is 7.11. The van der Waals surface area contributed by atoms with Crippen molar-refractivity contribution in [2.45, 2.75) is 12.8 Å². The van der Waals surface area contributed by atoms with Crippen molar-refractivity contribution in [2.24, 2.45) is 5.92 Å². The summed E-state index contributed by atoms with van der Waals surface area (Å²) in [4.78, 5) is 16.0. The van der Waals surface area contributed by atoms with Crippen LogP contribution >= 0.6 is 24.8 Å². The van der Waals surface area contributed by atoms with E-state index in [9.17, 15) is 4.79 Å². The standard InChI is InChI=1S/C15H17N3O.2ClH/c19-15(10-16-9-11-3-4-11)18-13-5-6-14-12(8-13)2-1-7-17-14;;/h1-2,5-8,11,16H,3-4,9-10H2,(H,18,19);2*1H. The van der Waals surface area contributed by atoms with Gasteiger partial charge in [0.25, 0.3) is 0 Å². The second kappa shape index (κ2) is 8.17. The van der Waals surface area contributed by atoms with Crippen LogP contribution in [0.2, 0.25) is 0 Å². The van der Waals surface area contributed by atoms with Gasteiger partial charge in [-0.15, -0.1) is 24.8 Å². The van der Waals surface area contributed by atoms with E-state index in [0.717, 1.165) is 29.1 Å². The van der Waals surface area contributed by atoms with E-state index in [1.54, 1.807) is 6.20 Å². The van der Waals surface area contributed by atoms with E-state index in [2.05, 4.69) is 15.6 Å². The summed E-state index contributed by atoms with van der Waals surface area (Å²) in [6.45, 7) is 1.33. The first-order valence-corrected chi connectivity index (χ1v) is 6.66. The molecule has 0 atom stereocenters. The molecule has 0 unspecified atom stereocenters. The zero-order valence-electron chi connectivity index (χ0n) is 11.5. The van der Waals surface area contributed by atoms with E-state index in [1.807, 2.05) is 30.3 Å².